The summed E-state index contributed by atoms with van der Waals surface area (Å²) < 4.78 is 6.62. The maximum absolute atomic E-state index is 7.08. The summed E-state index contributed by atoms with van der Waals surface area (Å²) in [6.45, 7) is 12.8. The van der Waals surface area contributed by atoms with E-state index < -0.39 is 11.9 Å². The van der Waals surface area contributed by atoms with Crippen molar-refractivity contribution in [2.75, 3.05) is 29.5 Å². The first-order chi connectivity index (χ1) is 23.2. The van der Waals surface area contributed by atoms with E-state index in [4.69, 9.17) is 24.1 Å². The molecule has 3 saturated carbocycles. The zero-order valence-electron chi connectivity index (χ0n) is 30.6. The van der Waals surface area contributed by atoms with Gasteiger partial charge in [0.15, 0.2) is 0 Å². The topological polar surface area (TPSA) is 15.7 Å². The van der Waals surface area contributed by atoms with E-state index in [1.165, 1.54) is 39.2 Å². The molecule has 0 atom stereocenters. The number of ether oxygens (including phenoxy) is 1. The predicted octanol–water partition coefficient (Wildman–Crippen LogP) is 12.2. The summed E-state index contributed by atoms with van der Waals surface area (Å²) in [5, 5.41) is 0. The molecule has 1 aliphatic heterocycles. The first-order valence-corrected chi connectivity index (χ1v) is 27.3. The van der Waals surface area contributed by atoms with Gasteiger partial charge < -0.3 is 0 Å². The van der Waals surface area contributed by atoms with Crippen molar-refractivity contribution in [3.63, 3.8) is 0 Å². The summed E-state index contributed by atoms with van der Waals surface area (Å²) in [4.78, 5) is 6.35. The Morgan fingerprint density at radius 3 is 1.40 bits per heavy atom. The fourth-order valence-corrected chi connectivity index (χ4v) is 19.4. The molecule has 0 aromatic heterocycles. The summed E-state index contributed by atoms with van der Waals surface area (Å²) in [7, 11) is 14.1. The summed E-state index contributed by atoms with van der Waals surface area (Å²) in [6.07, 6.45) is 24.8. The van der Waals surface area contributed by atoms with Gasteiger partial charge in [0.2, 0.25) is 0 Å². The van der Waals surface area contributed by atoms with Crippen LogP contribution in [0.1, 0.15) is 132 Å². The average molecular weight is 804 g/mol. The second-order valence-corrected chi connectivity index (χ2v) is 27.6. The molecule has 4 aliphatic rings. The van der Waals surface area contributed by atoms with E-state index in [1.54, 1.807) is 101 Å². The van der Waals surface area contributed by atoms with Crippen LogP contribution < -0.4 is 9.80 Å². The molecule has 7 heteroatoms. The Labute approximate surface area is 305 Å². The molecule has 0 radical (unpaired) electrons. The summed E-state index contributed by atoms with van der Waals surface area (Å²) >= 11 is -3.41. The number of benzene rings is 2. The molecule has 0 N–H and O–H groups in total. The van der Waals surface area contributed by atoms with Gasteiger partial charge in [-0.05, 0) is 77.0 Å². The molecule has 3 nitrogen and oxygen atoms in total. The fourth-order valence-electron chi connectivity index (χ4n) is 9.09. The zero-order valence-corrected chi connectivity index (χ0v) is 34.9. The van der Waals surface area contributed by atoms with Crippen LogP contribution >= 0.6 is 27.3 Å². The van der Waals surface area contributed by atoms with E-state index in [2.05, 4.69) is 73.9 Å². The van der Waals surface area contributed by atoms with Crippen LogP contribution in [0.5, 0.6) is 0 Å². The monoisotopic (exact) mass is 803 g/mol. The van der Waals surface area contributed by atoms with E-state index in [0.717, 1.165) is 35.2 Å². The molecule has 3 aliphatic carbocycles. The number of hydrogen-bond donors (Lipinski definition) is 0. The molecule has 1 saturated heterocycles. The summed E-state index contributed by atoms with van der Waals surface area (Å²) in [6, 6.07) is 13.1. The van der Waals surface area contributed by atoms with E-state index >= 15 is 0 Å². The van der Waals surface area contributed by atoms with Crippen LogP contribution in [0.4, 0.5) is 11.4 Å². The van der Waals surface area contributed by atoms with Crippen molar-refractivity contribution in [3.05, 3.63) is 58.7 Å². The van der Waals surface area contributed by atoms with Crippen LogP contribution in [-0.2, 0) is 16.6 Å². The van der Waals surface area contributed by atoms with Crippen LogP contribution in [0.15, 0.2) is 36.4 Å². The van der Waals surface area contributed by atoms with Crippen molar-refractivity contribution in [3.8, 4) is 0 Å². The van der Waals surface area contributed by atoms with E-state index in [0.29, 0.717) is 6.61 Å². The number of nitrogens with zero attached hydrogens (tertiary/aromatic N) is 2. The van der Waals surface area contributed by atoms with Crippen LogP contribution in [0, 0.1) is 27.7 Å². The molecule has 6 rings (SSSR count). The van der Waals surface area contributed by atoms with Crippen LogP contribution in [-0.4, -0.2) is 45.8 Å². The van der Waals surface area contributed by atoms with Crippen molar-refractivity contribution >= 4 is 47.8 Å². The second kappa shape index (κ2) is 18.7. The Balaban J connectivity index is 0.000000204. The van der Waals surface area contributed by atoms with Gasteiger partial charge in [0.25, 0.3) is 0 Å². The maximum atomic E-state index is 7.08. The van der Waals surface area contributed by atoms with Crippen molar-refractivity contribution in [2.45, 2.75) is 154 Å². The van der Waals surface area contributed by atoms with Gasteiger partial charge in [-0.15, -0.1) is 0 Å². The molecule has 1 heterocycles. The molecule has 0 spiro atoms. The molecule has 2 aromatic carbocycles. The van der Waals surface area contributed by atoms with E-state index in [1.807, 2.05) is 6.92 Å². The first kappa shape index (κ1) is 38.6. The quantitative estimate of drug-likeness (QED) is 0.205. The number of anilines is 2. The normalized spacial score (nSPS) is 20.9. The molecule has 0 bridgehead atoms. The van der Waals surface area contributed by atoms with Gasteiger partial charge in [-0.2, -0.15) is 0 Å². The Morgan fingerprint density at radius 2 is 1.04 bits per heavy atom. The van der Waals surface area contributed by atoms with Crippen molar-refractivity contribution < 1.29 is 16.6 Å². The van der Waals surface area contributed by atoms with Crippen LogP contribution in [0.3, 0.4) is 0 Å². The summed E-state index contributed by atoms with van der Waals surface area (Å²) in [5.74, 6) is 0. The molecular formula is C41H64Cl2N2OPRu+. The van der Waals surface area contributed by atoms with Gasteiger partial charge in [0, 0.05) is 7.92 Å². The Hall–Kier alpha value is -0.627. The van der Waals surface area contributed by atoms with Crippen molar-refractivity contribution in [1.29, 1.82) is 0 Å². The third-order valence-electron chi connectivity index (χ3n) is 11.3. The molecule has 0 amide bonds. The molecule has 4 fully saturated rings. The Bertz CT molecular complexity index is 1340. The first-order valence-electron chi connectivity index (χ1n) is 19.2. The van der Waals surface area contributed by atoms with Gasteiger partial charge in [0.05, 0.1) is 17.0 Å². The standard InChI is InChI=1S/C20H24N2.C18H33P.C3H6O.2ClH.Ru/c1-15-6-8-19(17(3)12-15)21-10-5-11-22(14-21)20-9-7-16(2)13-18(20)4;1-4-10-16(11-5-1)19(17-12-6-2-7-13-17)18-14-8-3-9-15-18;1-3-4-2;;;/h6-9,12-13H,5,10-11H2,1-4H3;16-18H,1-15H2;2H,3H2,1H3;2*1H;/q;;;;;+2/p-1. The zero-order chi connectivity index (χ0) is 34.1. The van der Waals surface area contributed by atoms with Crippen molar-refractivity contribution in [2.24, 2.45) is 0 Å². The number of hydrogen-bond acceptors (Lipinski definition) is 3. The third-order valence-corrected chi connectivity index (χ3v) is 20.8. The summed E-state index contributed by atoms with van der Waals surface area (Å²) in [5.41, 5.74) is 11.0. The minimum absolute atomic E-state index is 0.0465. The molecule has 48 heavy (non-hydrogen) atoms. The van der Waals surface area contributed by atoms with Gasteiger partial charge in [0.1, 0.15) is 0 Å². The van der Waals surface area contributed by atoms with Gasteiger partial charge in [-0.3, -0.25) is 0 Å². The molecule has 2 aromatic rings. The third kappa shape index (κ3) is 10.0. The number of rotatable bonds is 7. The number of aryl methyl sites for hydroxylation is 4. The second-order valence-electron chi connectivity index (χ2n) is 15.0. The van der Waals surface area contributed by atoms with E-state index in [9.17, 15) is 0 Å². The Kier molecular flexibility index (Phi) is 15.1. The van der Waals surface area contributed by atoms with Gasteiger partial charge in [-0.1, -0.05) is 19.3 Å². The van der Waals surface area contributed by atoms with Gasteiger partial charge in [-0.25, -0.2) is 0 Å². The van der Waals surface area contributed by atoms with Crippen molar-refractivity contribution in [1.82, 2.24) is 0 Å². The Morgan fingerprint density at radius 1 is 0.646 bits per heavy atom. The van der Waals surface area contributed by atoms with E-state index in [-0.39, 0.29) is 7.92 Å². The van der Waals surface area contributed by atoms with Crippen LogP contribution in [0.2, 0.25) is 0 Å². The predicted molar refractivity (Wildman–Crippen MR) is 214 cm³/mol. The molecular weight excluding hydrogens is 739 g/mol. The fraction of sp³-hybridized carbons (Fsp3) is 0.659. The minimum atomic E-state index is -3.41. The number of halogens is 2. The van der Waals surface area contributed by atoms with Crippen LogP contribution in [0.25, 0.3) is 0 Å². The average Bonchev–Trinajstić information content (AvgIpc) is 3.09. The molecule has 270 valence electrons. The SMILES string of the molecule is C1CCC([PH+](C2CCCCC2)C2CCCCC2)CC1.CCO[CH]=[Ru]([Cl])([Cl])=[C]1N(c2ccc(C)cc2C)CCCN1c1ccc(C)cc1C. The van der Waals surface area contributed by atoms with Gasteiger partial charge >= 0.3 is 186 Å². The molecule has 0 unspecified atom stereocenters.